The Morgan fingerprint density at radius 3 is 2.74 bits per heavy atom. The molecule has 0 saturated carbocycles. The summed E-state index contributed by atoms with van der Waals surface area (Å²) in [6.45, 7) is 3.78. The van der Waals surface area contributed by atoms with Gasteiger partial charge in [0.2, 0.25) is 11.9 Å². The SMILES string of the molecule is Cc1ccc(-c2csc3c(=O)[nH]c(N4CCCC(C(=O)NCc5ccc(Cl)cc5)C4)nc23)cc1. The number of benzene rings is 2. The number of carbonyl (C=O) groups excluding carboxylic acids is 1. The summed E-state index contributed by atoms with van der Waals surface area (Å²) >= 11 is 7.35. The number of H-pyrrole nitrogens is 1. The Balaban J connectivity index is 1.35. The summed E-state index contributed by atoms with van der Waals surface area (Å²) < 4.78 is 0.619. The van der Waals surface area contributed by atoms with Gasteiger partial charge in [-0.15, -0.1) is 11.3 Å². The predicted octanol–water partition coefficient (Wildman–Crippen LogP) is 5.15. The second-order valence-electron chi connectivity index (χ2n) is 8.71. The van der Waals surface area contributed by atoms with Gasteiger partial charge >= 0.3 is 0 Å². The molecule has 0 aliphatic carbocycles. The molecule has 1 aliphatic heterocycles. The topological polar surface area (TPSA) is 78.1 Å². The molecule has 1 unspecified atom stereocenters. The molecule has 1 saturated heterocycles. The fourth-order valence-corrected chi connectivity index (χ4v) is 5.36. The van der Waals surface area contributed by atoms with Crippen LogP contribution in [-0.4, -0.2) is 29.0 Å². The average molecular weight is 493 g/mol. The van der Waals surface area contributed by atoms with E-state index in [0.29, 0.717) is 34.3 Å². The van der Waals surface area contributed by atoms with Gasteiger partial charge in [-0.25, -0.2) is 4.98 Å². The molecule has 1 aliphatic rings. The number of hydrogen-bond acceptors (Lipinski definition) is 5. The first kappa shape index (κ1) is 22.6. The average Bonchev–Trinajstić information content (AvgIpc) is 3.29. The van der Waals surface area contributed by atoms with Crippen LogP contribution in [0.25, 0.3) is 21.3 Å². The number of halogens is 1. The van der Waals surface area contributed by atoms with E-state index in [4.69, 9.17) is 16.6 Å². The number of carbonyl (C=O) groups is 1. The molecule has 0 bridgehead atoms. The second kappa shape index (κ2) is 9.60. The van der Waals surface area contributed by atoms with Crippen LogP contribution in [0.2, 0.25) is 5.02 Å². The fraction of sp³-hybridized carbons (Fsp3) is 0.269. The maximum absolute atomic E-state index is 12.9. The lowest BCUT2D eigenvalue weighted by atomic mass is 9.97. The van der Waals surface area contributed by atoms with Gasteiger partial charge in [-0.1, -0.05) is 53.6 Å². The Labute approximate surface area is 206 Å². The molecule has 174 valence electrons. The van der Waals surface area contributed by atoms with E-state index < -0.39 is 0 Å². The van der Waals surface area contributed by atoms with Gasteiger partial charge in [-0.05, 0) is 43.0 Å². The van der Waals surface area contributed by atoms with E-state index >= 15 is 0 Å². The van der Waals surface area contributed by atoms with Gasteiger partial charge in [-0.3, -0.25) is 14.6 Å². The Morgan fingerprint density at radius 1 is 1.21 bits per heavy atom. The highest BCUT2D eigenvalue weighted by atomic mass is 35.5. The molecule has 1 fully saturated rings. The van der Waals surface area contributed by atoms with E-state index in [2.05, 4.69) is 41.5 Å². The fourth-order valence-electron chi connectivity index (χ4n) is 4.32. The summed E-state index contributed by atoms with van der Waals surface area (Å²) in [4.78, 5) is 35.5. The molecule has 0 radical (unpaired) electrons. The number of thiophene rings is 1. The second-order valence-corrected chi connectivity index (χ2v) is 10.0. The molecule has 4 aromatic rings. The maximum atomic E-state index is 12.9. The van der Waals surface area contributed by atoms with E-state index in [1.807, 2.05) is 34.5 Å². The summed E-state index contributed by atoms with van der Waals surface area (Å²) in [7, 11) is 0. The van der Waals surface area contributed by atoms with Gasteiger partial charge in [0.25, 0.3) is 5.56 Å². The molecule has 2 aromatic heterocycles. The smallest absolute Gasteiger partial charge is 0.270 e. The van der Waals surface area contributed by atoms with Crippen LogP contribution in [-0.2, 0) is 11.3 Å². The zero-order chi connectivity index (χ0) is 23.7. The number of rotatable bonds is 5. The first-order chi connectivity index (χ1) is 16.5. The van der Waals surface area contributed by atoms with Crippen molar-refractivity contribution in [3.05, 3.63) is 80.4 Å². The summed E-state index contributed by atoms with van der Waals surface area (Å²) in [6.07, 6.45) is 1.66. The Morgan fingerprint density at radius 2 is 1.97 bits per heavy atom. The lowest BCUT2D eigenvalue weighted by molar-refractivity contribution is -0.125. The van der Waals surface area contributed by atoms with Crippen molar-refractivity contribution in [3.8, 4) is 11.1 Å². The molecule has 6 nitrogen and oxygen atoms in total. The maximum Gasteiger partial charge on any atom is 0.270 e. The van der Waals surface area contributed by atoms with Crippen LogP contribution in [0.4, 0.5) is 5.95 Å². The highest BCUT2D eigenvalue weighted by Crippen LogP contribution is 2.32. The van der Waals surface area contributed by atoms with Gasteiger partial charge in [0, 0.05) is 35.6 Å². The molecule has 8 heteroatoms. The summed E-state index contributed by atoms with van der Waals surface area (Å²) in [5.41, 5.74) is 4.76. The van der Waals surface area contributed by atoms with Crippen molar-refractivity contribution >= 4 is 45.0 Å². The monoisotopic (exact) mass is 492 g/mol. The number of piperidine rings is 1. The highest BCUT2D eigenvalue weighted by Gasteiger charge is 2.27. The van der Waals surface area contributed by atoms with Crippen LogP contribution in [0.1, 0.15) is 24.0 Å². The minimum atomic E-state index is -0.166. The molecular formula is C26H25ClN4O2S. The van der Waals surface area contributed by atoms with Gasteiger partial charge in [-0.2, -0.15) is 0 Å². The standard InChI is InChI=1S/C26H25ClN4O2S/c1-16-4-8-18(9-5-16)21-15-34-23-22(21)29-26(30-25(23)33)31-12-2-3-19(14-31)24(32)28-13-17-6-10-20(27)11-7-17/h4-11,15,19H,2-3,12-14H2,1H3,(H,28,32)(H,29,30,33). The first-order valence-electron chi connectivity index (χ1n) is 11.3. The summed E-state index contributed by atoms with van der Waals surface area (Å²) in [6, 6.07) is 15.7. The van der Waals surface area contributed by atoms with Gasteiger partial charge in [0.05, 0.1) is 11.4 Å². The van der Waals surface area contributed by atoms with E-state index in [-0.39, 0.29) is 17.4 Å². The Hall–Kier alpha value is -3.16. The van der Waals surface area contributed by atoms with Crippen LogP contribution in [0.15, 0.2) is 58.7 Å². The van der Waals surface area contributed by atoms with Crippen molar-refractivity contribution in [2.75, 3.05) is 18.0 Å². The number of aromatic nitrogens is 2. The van der Waals surface area contributed by atoms with Gasteiger partial charge < -0.3 is 10.2 Å². The molecule has 1 atom stereocenters. The first-order valence-corrected chi connectivity index (χ1v) is 12.6. The predicted molar refractivity (Wildman–Crippen MR) is 139 cm³/mol. The summed E-state index contributed by atoms with van der Waals surface area (Å²) in [5.74, 6) is 0.375. The largest absolute Gasteiger partial charge is 0.352 e. The number of aromatic amines is 1. The zero-order valence-electron chi connectivity index (χ0n) is 18.8. The van der Waals surface area contributed by atoms with E-state index in [0.717, 1.165) is 36.1 Å². The quantitative estimate of drug-likeness (QED) is 0.404. The number of nitrogens with one attached hydrogen (secondary N) is 2. The molecule has 3 heterocycles. The van der Waals surface area contributed by atoms with Crippen molar-refractivity contribution in [1.29, 1.82) is 0 Å². The van der Waals surface area contributed by atoms with Crippen LogP contribution in [0.5, 0.6) is 0 Å². The molecule has 1 amide bonds. The van der Waals surface area contributed by atoms with Crippen LogP contribution >= 0.6 is 22.9 Å². The third-order valence-electron chi connectivity index (χ3n) is 6.25. The molecule has 5 rings (SSSR count). The minimum absolute atomic E-state index is 0.0129. The number of nitrogens with zero attached hydrogens (tertiary/aromatic N) is 2. The van der Waals surface area contributed by atoms with Crippen molar-refractivity contribution in [3.63, 3.8) is 0 Å². The van der Waals surface area contributed by atoms with Crippen molar-refractivity contribution in [1.82, 2.24) is 15.3 Å². The van der Waals surface area contributed by atoms with E-state index in [9.17, 15) is 9.59 Å². The lowest BCUT2D eigenvalue weighted by Gasteiger charge is -2.32. The normalized spacial score (nSPS) is 16.1. The number of anilines is 1. The van der Waals surface area contributed by atoms with Crippen molar-refractivity contribution in [2.45, 2.75) is 26.3 Å². The number of amides is 1. The van der Waals surface area contributed by atoms with Crippen LogP contribution in [0, 0.1) is 12.8 Å². The van der Waals surface area contributed by atoms with Gasteiger partial charge in [0.15, 0.2) is 0 Å². The minimum Gasteiger partial charge on any atom is -0.352 e. The van der Waals surface area contributed by atoms with Gasteiger partial charge in [0.1, 0.15) is 4.70 Å². The third kappa shape index (κ3) is 4.72. The molecule has 2 N–H and O–H groups in total. The number of fused-ring (bicyclic) bond motifs is 1. The zero-order valence-corrected chi connectivity index (χ0v) is 20.4. The molecule has 0 spiro atoms. The van der Waals surface area contributed by atoms with Crippen molar-refractivity contribution < 1.29 is 4.79 Å². The number of aryl methyl sites for hydroxylation is 1. The van der Waals surface area contributed by atoms with Crippen LogP contribution in [0.3, 0.4) is 0 Å². The molecule has 34 heavy (non-hydrogen) atoms. The Kier molecular flexibility index (Phi) is 6.39. The Bertz CT molecular complexity index is 1380. The molecular weight excluding hydrogens is 468 g/mol. The van der Waals surface area contributed by atoms with Crippen LogP contribution < -0.4 is 15.8 Å². The highest BCUT2D eigenvalue weighted by molar-refractivity contribution is 7.17. The van der Waals surface area contributed by atoms with E-state index in [1.165, 1.54) is 16.9 Å². The van der Waals surface area contributed by atoms with E-state index in [1.54, 1.807) is 0 Å². The van der Waals surface area contributed by atoms with Crippen molar-refractivity contribution in [2.24, 2.45) is 5.92 Å². The molecule has 2 aromatic carbocycles. The third-order valence-corrected chi connectivity index (χ3v) is 7.47. The summed E-state index contributed by atoms with van der Waals surface area (Å²) in [5, 5.41) is 5.70. The lowest BCUT2D eigenvalue weighted by Crippen LogP contribution is -2.44. The number of hydrogen-bond donors (Lipinski definition) is 2.